The van der Waals surface area contributed by atoms with Gasteiger partial charge < -0.3 is 10.4 Å². The summed E-state index contributed by atoms with van der Waals surface area (Å²) >= 11 is 0. The molecular weight excluding hydrogens is 190 g/mol. The first-order valence-electron chi connectivity index (χ1n) is 5.34. The van der Waals surface area contributed by atoms with Crippen molar-refractivity contribution in [2.45, 2.75) is 31.2 Å². The lowest BCUT2D eigenvalue weighted by atomic mass is 9.89. The van der Waals surface area contributed by atoms with Gasteiger partial charge in [0.1, 0.15) is 5.75 Å². The molecule has 0 unspecified atom stereocenters. The minimum absolute atomic E-state index is 0.103. The maximum absolute atomic E-state index is 11.3. The van der Waals surface area contributed by atoms with Gasteiger partial charge in [0.2, 0.25) is 5.91 Å². The molecule has 2 N–H and O–H groups in total. The highest BCUT2D eigenvalue weighted by Crippen LogP contribution is 2.46. The number of hydrogen-bond donors (Lipinski definition) is 2. The van der Waals surface area contributed by atoms with E-state index in [0.29, 0.717) is 12.2 Å². The summed E-state index contributed by atoms with van der Waals surface area (Å²) in [7, 11) is 0. The van der Waals surface area contributed by atoms with Crippen molar-refractivity contribution >= 4 is 5.91 Å². The highest BCUT2D eigenvalue weighted by atomic mass is 16.3. The van der Waals surface area contributed by atoms with E-state index in [1.54, 1.807) is 6.07 Å². The zero-order valence-corrected chi connectivity index (χ0v) is 8.42. The van der Waals surface area contributed by atoms with Crippen molar-refractivity contribution in [1.29, 1.82) is 0 Å². The second kappa shape index (κ2) is 2.75. The molecule has 15 heavy (non-hydrogen) atoms. The van der Waals surface area contributed by atoms with Gasteiger partial charge >= 0.3 is 0 Å². The number of phenolic OH excluding ortho intramolecular Hbond substituents is 1. The van der Waals surface area contributed by atoms with Gasteiger partial charge in [-0.2, -0.15) is 0 Å². The number of hydrogen-bond acceptors (Lipinski definition) is 2. The van der Waals surface area contributed by atoms with E-state index in [2.05, 4.69) is 5.32 Å². The van der Waals surface area contributed by atoms with Gasteiger partial charge in [-0.1, -0.05) is 12.1 Å². The van der Waals surface area contributed by atoms with Gasteiger partial charge in [0, 0.05) is 12.0 Å². The van der Waals surface area contributed by atoms with Crippen molar-refractivity contribution < 1.29 is 9.90 Å². The monoisotopic (exact) mass is 203 g/mol. The molecule has 1 fully saturated rings. The molecule has 78 valence electrons. The first-order chi connectivity index (χ1) is 7.21. The molecule has 0 radical (unpaired) electrons. The normalized spacial score (nSPS) is 28.1. The Morgan fingerprint density at radius 1 is 1.27 bits per heavy atom. The molecule has 1 aromatic carbocycles. The van der Waals surface area contributed by atoms with Crippen molar-refractivity contribution in [3.63, 3.8) is 0 Å². The quantitative estimate of drug-likeness (QED) is 0.670. The summed E-state index contributed by atoms with van der Waals surface area (Å²) in [4.78, 5) is 11.3. The lowest BCUT2D eigenvalue weighted by Gasteiger charge is -2.25. The van der Waals surface area contributed by atoms with Crippen LogP contribution < -0.4 is 5.32 Å². The molecule has 1 aliphatic carbocycles. The zero-order valence-electron chi connectivity index (χ0n) is 8.42. The van der Waals surface area contributed by atoms with Crippen molar-refractivity contribution in [2.24, 2.45) is 0 Å². The number of aromatic hydroxyl groups is 1. The minimum atomic E-state index is -0.266. The first-order valence-corrected chi connectivity index (χ1v) is 5.34. The molecule has 1 amide bonds. The van der Waals surface area contributed by atoms with E-state index in [-0.39, 0.29) is 11.4 Å². The molecule has 1 saturated heterocycles. The number of rotatable bonds is 0. The van der Waals surface area contributed by atoms with Crippen LogP contribution in [0.2, 0.25) is 0 Å². The maximum atomic E-state index is 11.3. The summed E-state index contributed by atoms with van der Waals surface area (Å²) in [5, 5.41) is 12.9. The number of nitrogens with one attached hydrogen (secondary N) is 1. The van der Waals surface area contributed by atoms with Gasteiger partial charge in [0.05, 0.1) is 5.54 Å². The molecule has 1 atom stereocenters. The SMILES string of the molecule is O=C1CC[C@@]2(CCc3cccc(O)c32)N1. The third kappa shape index (κ3) is 1.09. The van der Waals surface area contributed by atoms with Crippen LogP contribution in [-0.2, 0) is 16.8 Å². The van der Waals surface area contributed by atoms with Crippen LogP contribution in [-0.4, -0.2) is 11.0 Å². The maximum Gasteiger partial charge on any atom is 0.220 e. The average Bonchev–Trinajstić information content (AvgIpc) is 2.74. The molecule has 1 heterocycles. The molecule has 1 spiro atoms. The van der Waals surface area contributed by atoms with Gasteiger partial charge in [0.15, 0.2) is 0 Å². The van der Waals surface area contributed by atoms with E-state index in [9.17, 15) is 9.90 Å². The number of phenols is 1. The summed E-state index contributed by atoms with van der Waals surface area (Å²) in [6.45, 7) is 0. The van der Waals surface area contributed by atoms with Crippen LogP contribution in [0.5, 0.6) is 5.75 Å². The first kappa shape index (κ1) is 8.77. The van der Waals surface area contributed by atoms with Crippen molar-refractivity contribution in [3.8, 4) is 5.75 Å². The Morgan fingerprint density at radius 2 is 2.07 bits per heavy atom. The third-order valence-electron chi connectivity index (χ3n) is 3.59. The molecule has 0 saturated carbocycles. The third-order valence-corrected chi connectivity index (χ3v) is 3.59. The molecule has 0 aromatic heterocycles. The van der Waals surface area contributed by atoms with Crippen LogP contribution >= 0.6 is 0 Å². The molecule has 2 aliphatic rings. The number of fused-ring (bicyclic) bond motifs is 2. The predicted molar refractivity (Wildman–Crippen MR) is 55.5 cm³/mol. The van der Waals surface area contributed by atoms with Crippen LogP contribution in [0, 0.1) is 0 Å². The standard InChI is InChI=1S/C12H13NO2/c14-9-3-1-2-8-4-6-12(11(8)9)7-5-10(15)13-12/h1-3,14H,4-7H2,(H,13,15)/t12-/m1/s1. The lowest BCUT2D eigenvalue weighted by molar-refractivity contribution is -0.119. The second-order valence-electron chi connectivity index (χ2n) is 4.44. The van der Waals surface area contributed by atoms with E-state index >= 15 is 0 Å². The molecule has 3 rings (SSSR count). The Kier molecular flexibility index (Phi) is 1.61. The second-order valence-corrected chi connectivity index (χ2v) is 4.44. The zero-order chi connectivity index (χ0) is 10.5. The number of carbonyl (C=O) groups is 1. The Hall–Kier alpha value is -1.51. The van der Waals surface area contributed by atoms with Crippen LogP contribution in [0.1, 0.15) is 30.4 Å². The lowest BCUT2D eigenvalue weighted by Crippen LogP contribution is -2.36. The van der Waals surface area contributed by atoms with E-state index in [1.165, 1.54) is 5.56 Å². The molecule has 0 bridgehead atoms. The van der Waals surface area contributed by atoms with E-state index < -0.39 is 0 Å². The van der Waals surface area contributed by atoms with Gasteiger partial charge in [-0.3, -0.25) is 4.79 Å². The summed E-state index contributed by atoms with van der Waals surface area (Å²) in [5.41, 5.74) is 1.87. The number of carbonyl (C=O) groups excluding carboxylic acids is 1. The summed E-state index contributed by atoms with van der Waals surface area (Å²) in [6.07, 6.45) is 3.26. The Morgan fingerprint density at radius 3 is 2.80 bits per heavy atom. The molecule has 1 aliphatic heterocycles. The Balaban J connectivity index is 2.15. The topological polar surface area (TPSA) is 49.3 Å². The fourth-order valence-electron chi connectivity index (χ4n) is 2.91. The number of aryl methyl sites for hydroxylation is 1. The van der Waals surface area contributed by atoms with Gasteiger partial charge in [-0.25, -0.2) is 0 Å². The predicted octanol–water partition coefficient (Wildman–Crippen LogP) is 1.44. The van der Waals surface area contributed by atoms with Crippen molar-refractivity contribution in [2.75, 3.05) is 0 Å². The van der Waals surface area contributed by atoms with Gasteiger partial charge in [-0.15, -0.1) is 0 Å². The van der Waals surface area contributed by atoms with Crippen LogP contribution in [0.25, 0.3) is 0 Å². The molecule has 1 aromatic rings. The van der Waals surface area contributed by atoms with Crippen LogP contribution in [0.4, 0.5) is 0 Å². The number of benzene rings is 1. The summed E-state index contributed by atoms with van der Waals surface area (Å²) < 4.78 is 0. The highest BCUT2D eigenvalue weighted by Gasteiger charge is 2.45. The Labute approximate surface area is 88.1 Å². The van der Waals surface area contributed by atoms with E-state index in [4.69, 9.17) is 0 Å². The van der Waals surface area contributed by atoms with Crippen LogP contribution in [0.3, 0.4) is 0 Å². The Bertz CT molecular complexity index is 441. The van der Waals surface area contributed by atoms with E-state index in [0.717, 1.165) is 24.8 Å². The summed E-state index contributed by atoms with van der Waals surface area (Å²) in [6, 6.07) is 5.61. The fraction of sp³-hybridized carbons (Fsp3) is 0.417. The van der Waals surface area contributed by atoms with Gasteiger partial charge in [-0.05, 0) is 30.9 Å². The van der Waals surface area contributed by atoms with E-state index in [1.807, 2.05) is 12.1 Å². The molecular formula is C12H13NO2. The highest BCUT2D eigenvalue weighted by molar-refractivity contribution is 5.80. The molecule has 3 nitrogen and oxygen atoms in total. The van der Waals surface area contributed by atoms with Gasteiger partial charge in [0.25, 0.3) is 0 Å². The molecule has 3 heteroatoms. The van der Waals surface area contributed by atoms with Crippen molar-refractivity contribution in [3.05, 3.63) is 29.3 Å². The smallest absolute Gasteiger partial charge is 0.220 e. The number of amides is 1. The van der Waals surface area contributed by atoms with Crippen molar-refractivity contribution in [1.82, 2.24) is 5.32 Å². The minimum Gasteiger partial charge on any atom is -0.508 e. The largest absolute Gasteiger partial charge is 0.508 e. The average molecular weight is 203 g/mol. The van der Waals surface area contributed by atoms with Crippen LogP contribution in [0.15, 0.2) is 18.2 Å². The summed E-state index contributed by atoms with van der Waals surface area (Å²) in [5.74, 6) is 0.429. The fourth-order valence-corrected chi connectivity index (χ4v) is 2.91.